The van der Waals surface area contributed by atoms with Crippen LogP contribution in [0.25, 0.3) is 0 Å². The van der Waals surface area contributed by atoms with Gasteiger partial charge in [-0.3, -0.25) is 0 Å². The number of benzene rings is 1. The van der Waals surface area contributed by atoms with Gasteiger partial charge in [-0.15, -0.1) is 0 Å². The first-order valence-corrected chi connectivity index (χ1v) is 5.10. The number of azo groups is 1. The van der Waals surface area contributed by atoms with Gasteiger partial charge in [0.05, 0.1) is 17.0 Å². The third-order valence-electron chi connectivity index (χ3n) is 2.27. The number of hydrogen-bond donors (Lipinski definition) is 2. The van der Waals surface area contributed by atoms with Crippen LogP contribution in [-0.2, 0) is 0 Å². The fourth-order valence-corrected chi connectivity index (χ4v) is 1.34. The molecule has 0 aromatic heterocycles. The van der Waals surface area contributed by atoms with Crippen LogP contribution >= 0.6 is 0 Å². The molecule has 82 valence electrons. The highest BCUT2D eigenvalue weighted by Crippen LogP contribution is 2.18. The summed E-state index contributed by atoms with van der Waals surface area (Å²) < 4.78 is 0. The monoisotopic (exact) mass is 214 g/mol. The lowest BCUT2D eigenvalue weighted by Crippen LogP contribution is -2.47. The lowest BCUT2D eigenvalue weighted by molar-refractivity contribution is 0.554. The van der Waals surface area contributed by atoms with E-state index >= 15 is 0 Å². The Morgan fingerprint density at radius 3 is 2.44 bits per heavy atom. The molecule has 0 fully saturated rings. The molecular weight excluding hydrogens is 200 g/mol. The normalized spacial score (nSPS) is 18.8. The van der Waals surface area contributed by atoms with Crippen molar-refractivity contribution in [1.29, 1.82) is 0 Å². The predicted molar refractivity (Wildman–Crippen MR) is 63.9 cm³/mol. The van der Waals surface area contributed by atoms with Crippen molar-refractivity contribution >= 4 is 5.69 Å². The Morgan fingerprint density at radius 2 is 1.81 bits per heavy atom. The Bertz CT molecular complexity index is 443. The number of nitrogens with two attached hydrogens (primary N) is 2. The first kappa shape index (κ1) is 10.7. The van der Waals surface area contributed by atoms with Gasteiger partial charge in [-0.1, -0.05) is 24.3 Å². The molecule has 1 aromatic rings. The third-order valence-corrected chi connectivity index (χ3v) is 2.27. The van der Waals surface area contributed by atoms with Crippen molar-refractivity contribution in [1.82, 2.24) is 0 Å². The maximum Gasteiger partial charge on any atom is 0.0868 e. The topological polar surface area (TPSA) is 76.8 Å². The van der Waals surface area contributed by atoms with Crippen LogP contribution in [0.2, 0.25) is 0 Å². The minimum absolute atomic E-state index is 0.576. The van der Waals surface area contributed by atoms with E-state index in [9.17, 15) is 0 Å². The van der Waals surface area contributed by atoms with Gasteiger partial charge in [0, 0.05) is 6.42 Å². The van der Waals surface area contributed by atoms with Crippen molar-refractivity contribution in [3.05, 3.63) is 54.3 Å². The van der Waals surface area contributed by atoms with Gasteiger partial charge < -0.3 is 11.5 Å². The van der Waals surface area contributed by atoms with Crippen molar-refractivity contribution in [3.63, 3.8) is 0 Å². The average Bonchev–Trinajstić information content (AvgIpc) is 2.29. The van der Waals surface area contributed by atoms with E-state index in [0.717, 1.165) is 11.4 Å². The Hall–Kier alpha value is -1.78. The van der Waals surface area contributed by atoms with E-state index < -0.39 is 5.66 Å². The molecule has 0 amide bonds. The van der Waals surface area contributed by atoms with Gasteiger partial charge in [0.1, 0.15) is 0 Å². The molecule has 16 heavy (non-hydrogen) atoms. The molecule has 0 saturated heterocycles. The molecule has 0 bridgehead atoms. The molecule has 0 atom stereocenters. The molecular formula is C12H14N4. The highest BCUT2D eigenvalue weighted by atomic mass is 15.1. The number of nitrogens with zero attached hydrogens (tertiary/aromatic N) is 2. The second-order valence-electron chi connectivity index (χ2n) is 3.81. The van der Waals surface area contributed by atoms with E-state index in [0.29, 0.717) is 6.42 Å². The molecule has 4 nitrogen and oxygen atoms in total. The van der Waals surface area contributed by atoms with Crippen molar-refractivity contribution in [3.8, 4) is 0 Å². The Balaban J connectivity index is 2.05. The highest BCUT2D eigenvalue weighted by molar-refractivity contribution is 5.35. The summed E-state index contributed by atoms with van der Waals surface area (Å²) in [5.41, 5.74) is 12.3. The zero-order valence-electron chi connectivity index (χ0n) is 8.88. The first-order valence-electron chi connectivity index (χ1n) is 5.10. The fourth-order valence-electron chi connectivity index (χ4n) is 1.34. The molecule has 4 heteroatoms. The van der Waals surface area contributed by atoms with Gasteiger partial charge >= 0.3 is 0 Å². The van der Waals surface area contributed by atoms with Crippen LogP contribution in [0.4, 0.5) is 5.69 Å². The van der Waals surface area contributed by atoms with Crippen LogP contribution in [0.3, 0.4) is 0 Å². The molecule has 0 spiro atoms. The van der Waals surface area contributed by atoms with Gasteiger partial charge in [-0.2, -0.15) is 10.2 Å². The van der Waals surface area contributed by atoms with Crippen LogP contribution in [-0.4, -0.2) is 5.66 Å². The standard InChI is InChI=1S/C12H14N4/c13-12(14)8-6-11(7-9-12)16-15-10-4-2-1-3-5-10/h1-8H,9,13-14H2. The lowest BCUT2D eigenvalue weighted by atomic mass is 10.0. The van der Waals surface area contributed by atoms with Crippen molar-refractivity contribution in [2.24, 2.45) is 21.7 Å². The maximum absolute atomic E-state index is 5.72. The molecule has 1 aliphatic rings. The third kappa shape index (κ3) is 2.85. The number of hydrogen-bond acceptors (Lipinski definition) is 4. The van der Waals surface area contributed by atoms with Gasteiger partial charge in [0.25, 0.3) is 0 Å². The largest absolute Gasteiger partial charge is 0.310 e. The van der Waals surface area contributed by atoms with Crippen molar-refractivity contribution in [2.75, 3.05) is 0 Å². The molecule has 0 radical (unpaired) electrons. The molecule has 1 aliphatic carbocycles. The Morgan fingerprint density at radius 1 is 1.06 bits per heavy atom. The summed E-state index contributed by atoms with van der Waals surface area (Å²) in [4.78, 5) is 0. The predicted octanol–water partition coefficient (Wildman–Crippen LogP) is 2.23. The summed E-state index contributed by atoms with van der Waals surface area (Å²) in [7, 11) is 0. The van der Waals surface area contributed by atoms with E-state index in [1.807, 2.05) is 36.4 Å². The van der Waals surface area contributed by atoms with Crippen LogP contribution in [0.15, 0.2) is 64.5 Å². The number of rotatable bonds is 2. The summed E-state index contributed by atoms with van der Waals surface area (Å²) >= 11 is 0. The molecule has 0 heterocycles. The summed E-state index contributed by atoms with van der Waals surface area (Å²) in [6.07, 6.45) is 5.99. The fraction of sp³-hybridized carbons (Fsp3) is 0.167. The van der Waals surface area contributed by atoms with E-state index in [4.69, 9.17) is 11.5 Å². The summed E-state index contributed by atoms with van der Waals surface area (Å²) in [6.45, 7) is 0. The van der Waals surface area contributed by atoms with Crippen LogP contribution in [0.5, 0.6) is 0 Å². The Kier molecular flexibility index (Phi) is 2.94. The van der Waals surface area contributed by atoms with Crippen LogP contribution < -0.4 is 11.5 Å². The second-order valence-corrected chi connectivity index (χ2v) is 3.81. The van der Waals surface area contributed by atoms with Crippen LogP contribution in [0, 0.1) is 0 Å². The van der Waals surface area contributed by atoms with E-state index in [1.54, 1.807) is 12.2 Å². The number of allylic oxidation sites excluding steroid dienone is 1. The van der Waals surface area contributed by atoms with E-state index in [1.165, 1.54) is 0 Å². The summed E-state index contributed by atoms with van der Waals surface area (Å²) in [5.74, 6) is 0. The highest BCUT2D eigenvalue weighted by Gasteiger charge is 2.16. The van der Waals surface area contributed by atoms with Crippen molar-refractivity contribution in [2.45, 2.75) is 12.1 Å². The van der Waals surface area contributed by atoms with Gasteiger partial charge in [0.2, 0.25) is 0 Å². The SMILES string of the molecule is NC1(N)C=CC(N=Nc2ccccc2)=CC1. The molecule has 1 aromatic carbocycles. The first-order chi connectivity index (χ1) is 7.66. The summed E-state index contributed by atoms with van der Waals surface area (Å²) in [5, 5.41) is 8.21. The lowest BCUT2D eigenvalue weighted by Gasteiger charge is -2.20. The molecule has 0 saturated carbocycles. The van der Waals surface area contributed by atoms with Gasteiger partial charge in [-0.05, 0) is 24.3 Å². The average molecular weight is 214 g/mol. The van der Waals surface area contributed by atoms with Gasteiger partial charge in [0.15, 0.2) is 0 Å². The zero-order chi connectivity index (χ0) is 11.4. The van der Waals surface area contributed by atoms with Crippen molar-refractivity contribution < 1.29 is 0 Å². The quantitative estimate of drug-likeness (QED) is 0.585. The smallest absolute Gasteiger partial charge is 0.0868 e. The minimum atomic E-state index is -0.744. The molecule has 0 aliphatic heterocycles. The summed E-state index contributed by atoms with van der Waals surface area (Å²) in [6, 6.07) is 9.57. The zero-order valence-corrected chi connectivity index (χ0v) is 8.88. The van der Waals surface area contributed by atoms with Crippen LogP contribution in [0.1, 0.15) is 6.42 Å². The van der Waals surface area contributed by atoms with E-state index in [2.05, 4.69) is 10.2 Å². The Labute approximate surface area is 94.4 Å². The van der Waals surface area contributed by atoms with Gasteiger partial charge in [-0.25, -0.2) is 0 Å². The van der Waals surface area contributed by atoms with E-state index in [-0.39, 0.29) is 0 Å². The molecule has 0 unspecified atom stereocenters. The molecule has 2 rings (SSSR count). The second kappa shape index (κ2) is 4.38. The molecule has 4 N–H and O–H groups in total. The maximum atomic E-state index is 5.72. The minimum Gasteiger partial charge on any atom is -0.310 e.